The van der Waals surface area contributed by atoms with Crippen molar-refractivity contribution in [3.05, 3.63) is 41.2 Å². The van der Waals surface area contributed by atoms with Gasteiger partial charge < -0.3 is 16.8 Å². The Kier molecular flexibility index (Phi) is 4.47. The van der Waals surface area contributed by atoms with Gasteiger partial charge in [-0.05, 0) is 24.6 Å². The van der Waals surface area contributed by atoms with E-state index in [-0.39, 0.29) is 0 Å². The van der Waals surface area contributed by atoms with Crippen LogP contribution in [0.2, 0.25) is 5.02 Å². The summed E-state index contributed by atoms with van der Waals surface area (Å²) in [6.07, 6.45) is 4.46. The van der Waals surface area contributed by atoms with E-state index in [4.69, 9.17) is 23.1 Å². The van der Waals surface area contributed by atoms with Gasteiger partial charge in [-0.2, -0.15) is 5.10 Å². The van der Waals surface area contributed by atoms with Gasteiger partial charge >= 0.3 is 0 Å². The van der Waals surface area contributed by atoms with Gasteiger partial charge in [0.25, 0.3) is 5.91 Å². The van der Waals surface area contributed by atoms with Crippen LogP contribution < -0.4 is 16.8 Å². The number of hydrogen-bond acceptors (Lipinski definition) is 4. The Morgan fingerprint density at radius 3 is 2.90 bits per heavy atom. The molecule has 0 saturated heterocycles. The minimum absolute atomic E-state index is 0.300. The third-order valence-corrected chi connectivity index (χ3v) is 3.10. The zero-order chi connectivity index (χ0) is 14.5. The summed E-state index contributed by atoms with van der Waals surface area (Å²) in [5.74, 6) is -0.561. The number of aryl methyl sites for hydroxylation is 1. The van der Waals surface area contributed by atoms with Gasteiger partial charge in [0.1, 0.15) is 0 Å². The first-order valence-corrected chi connectivity index (χ1v) is 6.56. The van der Waals surface area contributed by atoms with Gasteiger partial charge in [-0.1, -0.05) is 11.6 Å². The molecule has 0 spiro atoms. The van der Waals surface area contributed by atoms with Crippen molar-refractivity contribution in [1.82, 2.24) is 9.78 Å². The molecule has 0 aliphatic carbocycles. The van der Waals surface area contributed by atoms with Gasteiger partial charge in [-0.15, -0.1) is 0 Å². The quantitative estimate of drug-likeness (QED) is 0.558. The number of halogens is 1. The van der Waals surface area contributed by atoms with Crippen LogP contribution in [0.1, 0.15) is 16.8 Å². The Labute approximate surface area is 121 Å². The molecular weight excluding hydrogens is 278 g/mol. The van der Waals surface area contributed by atoms with E-state index in [1.807, 2.05) is 16.9 Å². The number of rotatable bonds is 6. The number of hydrogen-bond donors (Lipinski definition) is 3. The average molecular weight is 294 g/mol. The first-order chi connectivity index (χ1) is 9.58. The molecule has 7 heteroatoms. The Balaban J connectivity index is 2.00. The molecule has 0 aliphatic rings. The predicted molar refractivity (Wildman–Crippen MR) is 79.7 cm³/mol. The van der Waals surface area contributed by atoms with E-state index >= 15 is 0 Å². The van der Waals surface area contributed by atoms with E-state index in [0.717, 1.165) is 13.0 Å². The Morgan fingerprint density at radius 1 is 1.45 bits per heavy atom. The highest BCUT2D eigenvalue weighted by Gasteiger charge is 2.12. The predicted octanol–water partition coefficient (Wildman–Crippen LogP) is 1.72. The van der Waals surface area contributed by atoms with Gasteiger partial charge in [0, 0.05) is 31.2 Å². The second kappa shape index (κ2) is 6.29. The molecule has 6 nitrogen and oxygen atoms in total. The van der Waals surface area contributed by atoms with Crippen molar-refractivity contribution in [2.75, 3.05) is 17.6 Å². The zero-order valence-corrected chi connectivity index (χ0v) is 11.6. The van der Waals surface area contributed by atoms with E-state index in [9.17, 15) is 4.79 Å². The molecule has 1 aromatic carbocycles. The monoisotopic (exact) mass is 293 g/mol. The molecule has 5 N–H and O–H groups in total. The Bertz CT molecular complexity index is 597. The number of primary amides is 1. The van der Waals surface area contributed by atoms with Crippen LogP contribution in [0.25, 0.3) is 0 Å². The number of carbonyl (C=O) groups is 1. The molecular formula is C13H16ClN5O. The summed E-state index contributed by atoms with van der Waals surface area (Å²) in [5.41, 5.74) is 12.2. The van der Waals surface area contributed by atoms with E-state index in [1.165, 1.54) is 6.07 Å². The maximum atomic E-state index is 11.4. The third-order valence-electron chi connectivity index (χ3n) is 2.80. The van der Waals surface area contributed by atoms with Gasteiger partial charge in [0.2, 0.25) is 0 Å². The fourth-order valence-electron chi connectivity index (χ4n) is 1.89. The number of carbonyl (C=O) groups excluding carboxylic acids is 1. The van der Waals surface area contributed by atoms with Gasteiger partial charge in [-0.3, -0.25) is 9.48 Å². The molecule has 1 aromatic heterocycles. The molecule has 0 fully saturated rings. The van der Waals surface area contributed by atoms with Crippen LogP contribution in [0.4, 0.5) is 11.4 Å². The van der Waals surface area contributed by atoms with Crippen LogP contribution >= 0.6 is 11.6 Å². The number of anilines is 2. The van der Waals surface area contributed by atoms with Crippen LogP contribution in [0.15, 0.2) is 30.6 Å². The van der Waals surface area contributed by atoms with Crippen molar-refractivity contribution in [3.63, 3.8) is 0 Å². The summed E-state index contributed by atoms with van der Waals surface area (Å²) < 4.78 is 1.83. The number of nitrogens with zero attached hydrogens (tertiary/aromatic N) is 2. The van der Waals surface area contributed by atoms with E-state index in [2.05, 4.69) is 10.4 Å². The van der Waals surface area contributed by atoms with Crippen LogP contribution in [-0.2, 0) is 6.54 Å². The summed E-state index contributed by atoms with van der Waals surface area (Å²) in [4.78, 5) is 11.4. The van der Waals surface area contributed by atoms with Crippen LogP contribution in [0.5, 0.6) is 0 Å². The SMILES string of the molecule is NC(=O)c1cc(N)cc(Cl)c1NCCCn1cccn1. The number of nitrogens with one attached hydrogen (secondary N) is 1. The van der Waals surface area contributed by atoms with Crippen molar-refractivity contribution in [2.45, 2.75) is 13.0 Å². The summed E-state index contributed by atoms with van der Waals surface area (Å²) >= 11 is 6.09. The molecule has 0 bridgehead atoms. The first-order valence-electron chi connectivity index (χ1n) is 6.18. The number of nitrogens with two attached hydrogens (primary N) is 2. The van der Waals surface area contributed by atoms with Crippen molar-refractivity contribution >= 4 is 28.9 Å². The highest BCUT2D eigenvalue weighted by atomic mass is 35.5. The summed E-state index contributed by atoms with van der Waals surface area (Å²) in [5, 5.41) is 7.62. The fourth-order valence-corrected chi connectivity index (χ4v) is 2.18. The smallest absolute Gasteiger partial charge is 0.250 e. The second-order valence-corrected chi connectivity index (χ2v) is 4.75. The molecule has 1 heterocycles. The van der Waals surface area contributed by atoms with Crippen molar-refractivity contribution in [3.8, 4) is 0 Å². The molecule has 1 amide bonds. The standard InChI is InChI=1S/C13H16ClN5O/c14-11-8-9(15)7-10(13(16)20)12(11)17-3-1-5-19-6-2-4-18-19/h2,4,6-8,17H,1,3,5,15H2,(H2,16,20). The normalized spacial score (nSPS) is 10.4. The second-order valence-electron chi connectivity index (χ2n) is 4.34. The molecule has 0 saturated carbocycles. The van der Waals surface area contributed by atoms with E-state index < -0.39 is 5.91 Å². The lowest BCUT2D eigenvalue weighted by Crippen LogP contribution is -2.16. The van der Waals surface area contributed by atoms with Crippen LogP contribution in [-0.4, -0.2) is 22.2 Å². The van der Waals surface area contributed by atoms with Crippen LogP contribution in [0.3, 0.4) is 0 Å². The Hall–Kier alpha value is -2.21. The lowest BCUT2D eigenvalue weighted by atomic mass is 10.1. The maximum absolute atomic E-state index is 11.4. The third kappa shape index (κ3) is 3.42. The summed E-state index contributed by atoms with van der Waals surface area (Å²) in [6.45, 7) is 1.42. The molecule has 0 unspecified atom stereocenters. The minimum atomic E-state index is -0.561. The van der Waals surface area contributed by atoms with Crippen molar-refractivity contribution in [2.24, 2.45) is 5.73 Å². The lowest BCUT2D eigenvalue weighted by Gasteiger charge is -2.13. The number of nitrogen functional groups attached to an aromatic ring is 1. The zero-order valence-electron chi connectivity index (χ0n) is 10.8. The maximum Gasteiger partial charge on any atom is 0.250 e. The topological polar surface area (TPSA) is 99.0 Å². The number of amides is 1. The largest absolute Gasteiger partial charge is 0.399 e. The van der Waals surface area contributed by atoms with Gasteiger partial charge in [0.05, 0.1) is 16.3 Å². The molecule has 0 radical (unpaired) electrons. The molecule has 2 aromatic rings. The summed E-state index contributed by atoms with van der Waals surface area (Å²) in [6, 6.07) is 4.98. The first kappa shape index (κ1) is 14.2. The van der Waals surface area contributed by atoms with E-state index in [1.54, 1.807) is 12.3 Å². The molecule has 20 heavy (non-hydrogen) atoms. The molecule has 106 valence electrons. The lowest BCUT2D eigenvalue weighted by molar-refractivity contribution is 0.100. The summed E-state index contributed by atoms with van der Waals surface area (Å²) in [7, 11) is 0. The molecule has 0 atom stereocenters. The number of benzene rings is 1. The average Bonchev–Trinajstić information content (AvgIpc) is 2.88. The van der Waals surface area contributed by atoms with Gasteiger partial charge in [-0.25, -0.2) is 0 Å². The number of aromatic nitrogens is 2. The highest BCUT2D eigenvalue weighted by molar-refractivity contribution is 6.34. The highest BCUT2D eigenvalue weighted by Crippen LogP contribution is 2.28. The molecule has 0 aliphatic heterocycles. The van der Waals surface area contributed by atoms with Crippen LogP contribution in [0, 0.1) is 0 Å². The molecule has 2 rings (SSSR count). The van der Waals surface area contributed by atoms with Crippen molar-refractivity contribution in [1.29, 1.82) is 0 Å². The van der Waals surface area contributed by atoms with Crippen molar-refractivity contribution < 1.29 is 4.79 Å². The van der Waals surface area contributed by atoms with Gasteiger partial charge in [0.15, 0.2) is 0 Å². The van der Waals surface area contributed by atoms with E-state index in [0.29, 0.717) is 28.5 Å². The fraction of sp³-hybridized carbons (Fsp3) is 0.231. The Morgan fingerprint density at radius 2 is 2.25 bits per heavy atom. The minimum Gasteiger partial charge on any atom is -0.399 e.